The highest BCUT2D eigenvalue weighted by molar-refractivity contribution is 7.09. The van der Waals surface area contributed by atoms with Crippen molar-refractivity contribution in [3.63, 3.8) is 0 Å². The van der Waals surface area contributed by atoms with Crippen molar-refractivity contribution in [2.45, 2.75) is 66.0 Å². The zero-order valence-electron chi connectivity index (χ0n) is 15.5. The van der Waals surface area contributed by atoms with Crippen LogP contribution in [-0.2, 0) is 18.5 Å². The van der Waals surface area contributed by atoms with Crippen LogP contribution in [-0.4, -0.2) is 37.7 Å². The predicted molar refractivity (Wildman–Crippen MR) is 98.3 cm³/mol. The van der Waals surface area contributed by atoms with Crippen molar-refractivity contribution in [1.82, 2.24) is 24.6 Å². The van der Waals surface area contributed by atoms with Gasteiger partial charge in [0.2, 0.25) is 0 Å². The van der Waals surface area contributed by atoms with E-state index in [-0.39, 0.29) is 5.41 Å². The highest BCUT2D eigenvalue weighted by atomic mass is 32.1. The Kier molecular flexibility index (Phi) is 5.06. The standard InChI is InChI=1S/C18H29N5S/c1-13-19-14(2)23(21-13)10-15-7-6-8-22(9-15)11-16-12-24-17(20-16)18(3,4)5/h12,15H,6-11H2,1-5H3/t15-/m1/s1. The fourth-order valence-electron chi connectivity index (χ4n) is 3.38. The summed E-state index contributed by atoms with van der Waals surface area (Å²) >= 11 is 1.79. The molecule has 0 aliphatic carbocycles. The SMILES string of the molecule is Cc1nc(C)n(C[C@@H]2CCCN(Cc3csc(C(C)(C)C)n3)C2)n1. The van der Waals surface area contributed by atoms with E-state index < -0.39 is 0 Å². The van der Waals surface area contributed by atoms with Gasteiger partial charge in [-0.05, 0) is 39.2 Å². The molecule has 0 aromatic carbocycles. The minimum atomic E-state index is 0.149. The lowest BCUT2D eigenvalue weighted by atomic mass is 9.97. The summed E-state index contributed by atoms with van der Waals surface area (Å²) in [5.74, 6) is 2.55. The molecule has 2 aromatic heterocycles. The summed E-state index contributed by atoms with van der Waals surface area (Å²) in [7, 11) is 0. The van der Waals surface area contributed by atoms with Crippen LogP contribution in [0, 0.1) is 19.8 Å². The second-order valence-electron chi connectivity index (χ2n) is 8.03. The summed E-state index contributed by atoms with van der Waals surface area (Å²) in [6.07, 6.45) is 2.53. The highest BCUT2D eigenvalue weighted by Gasteiger charge is 2.23. The molecule has 0 amide bonds. The molecule has 0 unspecified atom stereocenters. The first-order valence-electron chi connectivity index (χ1n) is 8.86. The number of piperidine rings is 1. The summed E-state index contributed by atoms with van der Waals surface area (Å²) in [6, 6.07) is 0. The average molecular weight is 348 g/mol. The first-order chi connectivity index (χ1) is 11.3. The van der Waals surface area contributed by atoms with E-state index in [1.807, 2.05) is 13.8 Å². The van der Waals surface area contributed by atoms with Gasteiger partial charge < -0.3 is 0 Å². The van der Waals surface area contributed by atoms with E-state index in [1.54, 1.807) is 11.3 Å². The Bertz CT molecular complexity index is 682. The largest absolute Gasteiger partial charge is 0.297 e. The Morgan fingerprint density at radius 3 is 2.67 bits per heavy atom. The molecule has 1 fully saturated rings. The van der Waals surface area contributed by atoms with Crippen LogP contribution in [0.25, 0.3) is 0 Å². The normalized spacial score (nSPS) is 19.8. The minimum Gasteiger partial charge on any atom is -0.297 e. The molecule has 2 aromatic rings. The summed E-state index contributed by atoms with van der Waals surface area (Å²) < 4.78 is 2.07. The van der Waals surface area contributed by atoms with Crippen molar-refractivity contribution in [2.24, 2.45) is 5.92 Å². The van der Waals surface area contributed by atoms with Gasteiger partial charge in [0.15, 0.2) is 0 Å². The van der Waals surface area contributed by atoms with Gasteiger partial charge in [-0.25, -0.2) is 14.6 Å². The van der Waals surface area contributed by atoms with E-state index >= 15 is 0 Å². The molecule has 0 bridgehead atoms. The topological polar surface area (TPSA) is 46.8 Å². The van der Waals surface area contributed by atoms with Gasteiger partial charge in [-0.1, -0.05) is 20.8 Å². The molecule has 1 aliphatic rings. The molecule has 5 nitrogen and oxygen atoms in total. The van der Waals surface area contributed by atoms with Gasteiger partial charge in [-0.2, -0.15) is 5.10 Å². The molecule has 0 spiro atoms. The Hall–Kier alpha value is -1.27. The quantitative estimate of drug-likeness (QED) is 0.848. The molecule has 6 heteroatoms. The van der Waals surface area contributed by atoms with E-state index in [2.05, 4.69) is 45.8 Å². The summed E-state index contributed by atoms with van der Waals surface area (Å²) in [6.45, 7) is 15.0. The van der Waals surface area contributed by atoms with E-state index in [4.69, 9.17) is 4.98 Å². The zero-order chi connectivity index (χ0) is 17.3. The number of rotatable bonds is 4. The van der Waals surface area contributed by atoms with Crippen molar-refractivity contribution in [2.75, 3.05) is 13.1 Å². The van der Waals surface area contributed by atoms with Crippen molar-refractivity contribution >= 4 is 11.3 Å². The van der Waals surface area contributed by atoms with E-state index in [0.717, 1.165) is 31.3 Å². The Morgan fingerprint density at radius 1 is 1.25 bits per heavy atom. The summed E-state index contributed by atoms with van der Waals surface area (Å²) in [5, 5.41) is 7.99. The fourth-order valence-corrected chi connectivity index (χ4v) is 4.27. The maximum absolute atomic E-state index is 4.85. The van der Waals surface area contributed by atoms with Gasteiger partial charge in [-0.3, -0.25) is 4.90 Å². The number of thiazole rings is 1. The van der Waals surface area contributed by atoms with Crippen molar-refractivity contribution in [3.8, 4) is 0 Å². The molecular formula is C18H29N5S. The first-order valence-corrected chi connectivity index (χ1v) is 9.74. The number of nitrogens with zero attached hydrogens (tertiary/aromatic N) is 5. The lowest BCUT2D eigenvalue weighted by Gasteiger charge is -2.32. The maximum Gasteiger partial charge on any atom is 0.147 e. The van der Waals surface area contributed by atoms with Crippen LogP contribution in [0.5, 0.6) is 0 Å². The van der Waals surface area contributed by atoms with Crippen LogP contribution in [0.4, 0.5) is 0 Å². The van der Waals surface area contributed by atoms with Gasteiger partial charge in [0.05, 0.1) is 10.7 Å². The summed E-state index contributed by atoms with van der Waals surface area (Å²) in [4.78, 5) is 11.8. The van der Waals surface area contributed by atoms with E-state index in [9.17, 15) is 0 Å². The maximum atomic E-state index is 4.85. The molecule has 3 rings (SSSR count). The molecule has 3 heterocycles. The Labute approximate surface area is 149 Å². The van der Waals surface area contributed by atoms with Crippen LogP contribution in [0.1, 0.15) is 56.0 Å². The lowest BCUT2D eigenvalue weighted by Crippen LogP contribution is -2.37. The second kappa shape index (κ2) is 6.92. The van der Waals surface area contributed by atoms with Gasteiger partial charge in [0, 0.05) is 30.4 Å². The Balaban J connectivity index is 1.59. The molecule has 1 saturated heterocycles. The number of hydrogen-bond donors (Lipinski definition) is 0. The van der Waals surface area contributed by atoms with Crippen LogP contribution in [0.2, 0.25) is 0 Å². The third-order valence-electron chi connectivity index (χ3n) is 4.58. The van der Waals surface area contributed by atoms with E-state index in [0.29, 0.717) is 5.92 Å². The molecule has 1 aliphatic heterocycles. The highest BCUT2D eigenvalue weighted by Crippen LogP contribution is 2.27. The van der Waals surface area contributed by atoms with Crippen LogP contribution in [0.15, 0.2) is 5.38 Å². The molecule has 1 atom stereocenters. The summed E-state index contributed by atoms with van der Waals surface area (Å²) in [5.41, 5.74) is 1.37. The molecule has 0 saturated carbocycles. The Morgan fingerprint density at radius 2 is 2.04 bits per heavy atom. The van der Waals surface area contributed by atoms with Crippen molar-refractivity contribution < 1.29 is 0 Å². The smallest absolute Gasteiger partial charge is 0.147 e. The van der Waals surface area contributed by atoms with Crippen LogP contribution < -0.4 is 0 Å². The van der Waals surface area contributed by atoms with Crippen molar-refractivity contribution in [1.29, 1.82) is 0 Å². The van der Waals surface area contributed by atoms with Crippen molar-refractivity contribution in [3.05, 3.63) is 27.7 Å². The molecule has 132 valence electrons. The minimum absolute atomic E-state index is 0.149. The first kappa shape index (κ1) is 17.5. The number of hydrogen-bond acceptors (Lipinski definition) is 5. The predicted octanol–water partition coefficient (Wildman–Crippen LogP) is 3.56. The van der Waals surface area contributed by atoms with Gasteiger partial charge in [-0.15, -0.1) is 11.3 Å². The monoisotopic (exact) mass is 347 g/mol. The third kappa shape index (κ3) is 4.22. The number of aromatic nitrogens is 4. The molecule has 0 N–H and O–H groups in total. The number of likely N-dealkylation sites (tertiary alicyclic amines) is 1. The third-order valence-corrected chi connectivity index (χ3v) is 5.89. The zero-order valence-corrected chi connectivity index (χ0v) is 16.4. The van der Waals surface area contributed by atoms with E-state index in [1.165, 1.54) is 30.1 Å². The number of aryl methyl sites for hydroxylation is 2. The second-order valence-corrected chi connectivity index (χ2v) is 8.88. The van der Waals surface area contributed by atoms with Crippen LogP contribution in [0.3, 0.4) is 0 Å². The molecular weight excluding hydrogens is 318 g/mol. The fraction of sp³-hybridized carbons (Fsp3) is 0.722. The lowest BCUT2D eigenvalue weighted by molar-refractivity contribution is 0.151. The van der Waals surface area contributed by atoms with Crippen LogP contribution >= 0.6 is 11.3 Å². The molecule has 0 radical (unpaired) electrons. The average Bonchev–Trinajstić information content (AvgIpc) is 3.06. The van der Waals surface area contributed by atoms with Gasteiger partial charge in [0.1, 0.15) is 11.6 Å². The van der Waals surface area contributed by atoms with Gasteiger partial charge in [0.25, 0.3) is 0 Å². The van der Waals surface area contributed by atoms with Gasteiger partial charge >= 0.3 is 0 Å². The molecule has 24 heavy (non-hydrogen) atoms.